The van der Waals surface area contributed by atoms with E-state index >= 15 is 0 Å². The summed E-state index contributed by atoms with van der Waals surface area (Å²) in [6, 6.07) is 2.03. The number of rotatable bonds is 4. The fraction of sp³-hybridized carbons (Fsp3) is 0.846. The summed E-state index contributed by atoms with van der Waals surface area (Å²) in [6.45, 7) is 4.22. The Kier molecular flexibility index (Phi) is 5.43. The molecule has 0 spiro atoms. The van der Waals surface area contributed by atoms with Crippen LogP contribution in [0.3, 0.4) is 0 Å². The maximum absolute atomic E-state index is 11.7. The van der Waals surface area contributed by atoms with Gasteiger partial charge in [-0.25, -0.2) is 0 Å². The van der Waals surface area contributed by atoms with E-state index in [1.54, 1.807) is 0 Å². The standard InChI is InChI=1S/C13H22N2O2/c1-9(2)11(7-14)13(17)15-8-10-5-3-4-6-12(10)16/h9-12,16H,3-6,8H2,1-2H3,(H,15,17). The Hall–Kier alpha value is -1.08. The Morgan fingerprint density at radius 1 is 1.47 bits per heavy atom. The zero-order chi connectivity index (χ0) is 12.8. The van der Waals surface area contributed by atoms with Gasteiger partial charge in [-0.3, -0.25) is 4.79 Å². The lowest BCUT2D eigenvalue weighted by molar-refractivity contribution is -0.124. The van der Waals surface area contributed by atoms with Crippen molar-refractivity contribution in [2.45, 2.75) is 45.6 Å². The minimum absolute atomic E-state index is 0.0243. The summed E-state index contributed by atoms with van der Waals surface area (Å²) in [4.78, 5) is 11.7. The van der Waals surface area contributed by atoms with Crippen molar-refractivity contribution in [3.05, 3.63) is 0 Å². The molecule has 0 aromatic carbocycles. The van der Waals surface area contributed by atoms with Crippen molar-refractivity contribution >= 4 is 5.91 Å². The van der Waals surface area contributed by atoms with Crippen molar-refractivity contribution in [2.75, 3.05) is 6.54 Å². The SMILES string of the molecule is CC(C)C(C#N)C(=O)NCC1CCCCC1O. The van der Waals surface area contributed by atoms with Gasteiger partial charge in [0.05, 0.1) is 12.2 Å². The average molecular weight is 238 g/mol. The molecule has 0 aromatic heterocycles. The lowest BCUT2D eigenvalue weighted by Gasteiger charge is -2.28. The van der Waals surface area contributed by atoms with Gasteiger partial charge >= 0.3 is 0 Å². The van der Waals surface area contributed by atoms with Gasteiger partial charge < -0.3 is 10.4 Å². The van der Waals surface area contributed by atoms with Crippen molar-refractivity contribution in [3.8, 4) is 6.07 Å². The fourth-order valence-corrected chi connectivity index (χ4v) is 2.28. The van der Waals surface area contributed by atoms with Crippen LogP contribution in [0.5, 0.6) is 0 Å². The number of nitriles is 1. The van der Waals surface area contributed by atoms with Crippen molar-refractivity contribution in [1.29, 1.82) is 5.26 Å². The molecule has 2 N–H and O–H groups in total. The minimum Gasteiger partial charge on any atom is -0.393 e. The van der Waals surface area contributed by atoms with Crippen LogP contribution in [0.25, 0.3) is 0 Å². The first-order chi connectivity index (χ1) is 8.06. The molecule has 4 nitrogen and oxygen atoms in total. The largest absolute Gasteiger partial charge is 0.393 e. The Balaban J connectivity index is 2.39. The summed E-state index contributed by atoms with van der Waals surface area (Å²) < 4.78 is 0. The monoisotopic (exact) mass is 238 g/mol. The topological polar surface area (TPSA) is 73.1 Å². The zero-order valence-corrected chi connectivity index (χ0v) is 10.6. The summed E-state index contributed by atoms with van der Waals surface area (Å²) in [5, 5.41) is 21.5. The van der Waals surface area contributed by atoms with E-state index in [1.165, 1.54) is 0 Å². The van der Waals surface area contributed by atoms with Gasteiger partial charge in [-0.15, -0.1) is 0 Å². The van der Waals surface area contributed by atoms with Gasteiger partial charge in [0.2, 0.25) is 5.91 Å². The molecule has 1 aliphatic rings. The van der Waals surface area contributed by atoms with Gasteiger partial charge in [-0.1, -0.05) is 26.7 Å². The summed E-state index contributed by atoms with van der Waals surface area (Å²) in [6.07, 6.45) is 3.66. The lowest BCUT2D eigenvalue weighted by atomic mass is 9.86. The first kappa shape index (κ1) is 14.0. The van der Waals surface area contributed by atoms with Crippen LogP contribution >= 0.6 is 0 Å². The molecule has 1 rings (SSSR count). The second kappa shape index (κ2) is 6.61. The Morgan fingerprint density at radius 3 is 2.65 bits per heavy atom. The molecule has 0 bridgehead atoms. The number of amides is 1. The van der Waals surface area contributed by atoms with Crippen molar-refractivity contribution in [1.82, 2.24) is 5.32 Å². The van der Waals surface area contributed by atoms with E-state index in [0.717, 1.165) is 25.7 Å². The summed E-state index contributed by atoms with van der Waals surface area (Å²) in [7, 11) is 0. The van der Waals surface area contributed by atoms with E-state index in [0.29, 0.717) is 6.54 Å². The molecule has 1 amide bonds. The highest BCUT2D eigenvalue weighted by Crippen LogP contribution is 2.23. The zero-order valence-electron chi connectivity index (χ0n) is 10.6. The first-order valence-corrected chi connectivity index (χ1v) is 6.41. The van der Waals surface area contributed by atoms with Crippen LogP contribution in [-0.2, 0) is 4.79 Å². The van der Waals surface area contributed by atoms with Crippen LogP contribution in [0, 0.1) is 29.1 Å². The van der Waals surface area contributed by atoms with Crippen LogP contribution in [0.1, 0.15) is 39.5 Å². The van der Waals surface area contributed by atoms with E-state index in [9.17, 15) is 9.90 Å². The lowest BCUT2D eigenvalue weighted by Crippen LogP contribution is -2.40. The molecule has 1 fully saturated rings. The van der Waals surface area contributed by atoms with Gasteiger partial charge in [0.15, 0.2) is 0 Å². The maximum atomic E-state index is 11.7. The molecule has 3 atom stereocenters. The third-order valence-corrected chi connectivity index (χ3v) is 3.50. The molecule has 4 heteroatoms. The number of hydrogen-bond donors (Lipinski definition) is 2. The van der Waals surface area contributed by atoms with Crippen LogP contribution in [0.4, 0.5) is 0 Å². The first-order valence-electron chi connectivity index (χ1n) is 6.41. The molecule has 0 saturated heterocycles. The minimum atomic E-state index is -0.587. The molecule has 0 radical (unpaired) electrons. The molecule has 17 heavy (non-hydrogen) atoms. The number of aliphatic hydroxyl groups excluding tert-OH is 1. The predicted molar refractivity (Wildman–Crippen MR) is 64.9 cm³/mol. The molecule has 0 aromatic rings. The highest BCUT2D eigenvalue weighted by atomic mass is 16.3. The molecule has 0 aliphatic heterocycles. The van der Waals surface area contributed by atoms with Crippen LogP contribution in [-0.4, -0.2) is 23.7 Å². The van der Waals surface area contributed by atoms with Gasteiger partial charge in [-0.05, 0) is 18.8 Å². The fourth-order valence-electron chi connectivity index (χ4n) is 2.28. The molecule has 1 aliphatic carbocycles. The van der Waals surface area contributed by atoms with Crippen LogP contribution in [0.2, 0.25) is 0 Å². The second-order valence-corrected chi connectivity index (χ2v) is 5.21. The Labute approximate surface area is 103 Å². The number of carbonyl (C=O) groups is 1. The van der Waals surface area contributed by atoms with Crippen molar-refractivity contribution in [3.63, 3.8) is 0 Å². The van der Waals surface area contributed by atoms with Crippen molar-refractivity contribution in [2.24, 2.45) is 17.8 Å². The number of hydrogen-bond acceptors (Lipinski definition) is 3. The van der Waals surface area contributed by atoms with E-state index in [-0.39, 0.29) is 23.8 Å². The number of nitrogens with one attached hydrogen (secondary N) is 1. The van der Waals surface area contributed by atoms with Crippen LogP contribution in [0.15, 0.2) is 0 Å². The summed E-state index contributed by atoms with van der Waals surface area (Å²) in [5.74, 6) is -0.619. The number of aliphatic hydroxyl groups is 1. The van der Waals surface area contributed by atoms with E-state index in [1.807, 2.05) is 19.9 Å². The summed E-state index contributed by atoms with van der Waals surface area (Å²) >= 11 is 0. The maximum Gasteiger partial charge on any atom is 0.237 e. The molecule has 96 valence electrons. The number of nitrogens with zero attached hydrogens (tertiary/aromatic N) is 1. The predicted octanol–water partition coefficient (Wildman–Crippen LogP) is 1.45. The quantitative estimate of drug-likeness (QED) is 0.778. The van der Waals surface area contributed by atoms with Crippen LogP contribution < -0.4 is 5.32 Å². The highest BCUT2D eigenvalue weighted by molar-refractivity contribution is 5.81. The normalized spacial score (nSPS) is 26.3. The van der Waals surface area contributed by atoms with Gasteiger partial charge in [0.25, 0.3) is 0 Å². The third-order valence-electron chi connectivity index (χ3n) is 3.50. The Bertz CT molecular complexity index is 296. The summed E-state index contributed by atoms with van der Waals surface area (Å²) in [5.41, 5.74) is 0. The molecule has 3 unspecified atom stereocenters. The van der Waals surface area contributed by atoms with Gasteiger partial charge in [0.1, 0.15) is 5.92 Å². The molecular weight excluding hydrogens is 216 g/mol. The third kappa shape index (κ3) is 4.01. The number of carbonyl (C=O) groups excluding carboxylic acids is 1. The molecule has 0 heterocycles. The Morgan fingerprint density at radius 2 is 2.12 bits per heavy atom. The molecular formula is C13H22N2O2. The smallest absolute Gasteiger partial charge is 0.237 e. The van der Waals surface area contributed by atoms with Crippen molar-refractivity contribution < 1.29 is 9.90 Å². The molecule has 1 saturated carbocycles. The van der Waals surface area contributed by atoms with E-state index < -0.39 is 5.92 Å². The average Bonchev–Trinajstić information content (AvgIpc) is 2.28. The second-order valence-electron chi connectivity index (χ2n) is 5.21. The highest BCUT2D eigenvalue weighted by Gasteiger charge is 2.26. The van der Waals surface area contributed by atoms with Gasteiger partial charge in [-0.2, -0.15) is 5.26 Å². The van der Waals surface area contributed by atoms with Gasteiger partial charge in [0, 0.05) is 12.5 Å². The van der Waals surface area contributed by atoms with E-state index in [2.05, 4.69) is 5.32 Å². The van der Waals surface area contributed by atoms with E-state index in [4.69, 9.17) is 5.26 Å².